The number of aliphatic carboxylic acids is 1. The van der Waals surface area contributed by atoms with E-state index in [1.807, 2.05) is 42.6 Å². The van der Waals surface area contributed by atoms with Crippen molar-refractivity contribution in [2.24, 2.45) is 0 Å². The molecule has 1 N–H and O–H groups in total. The fraction of sp³-hybridized carbons (Fsp3) is 0.167. The average molecular weight is 233 g/mol. The number of hydrogen-bond donors (Lipinski definition) is 1. The Kier molecular flexibility index (Phi) is 3.01. The summed E-state index contributed by atoms with van der Waals surface area (Å²) in [4.78, 5) is 15.5. The van der Waals surface area contributed by atoms with Crippen LogP contribution in [-0.4, -0.2) is 16.1 Å². The Labute approximate surface area is 97.4 Å². The summed E-state index contributed by atoms with van der Waals surface area (Å²) in [5.74, 6) is -1.51. The summed E-state index contributed by atoms with van der Waals surface area (Å²) in [6.45, 7) is 1.86. The van der Waals surface area contributed by atoms with Crippen molar-refractivity contribution in [2.45, 2.75) is 12.8 Å². The quantitative estimate of drug-likeness (QED) is 0.886. The maximum atomic E-state index is 11.3. The highest BCUT2D eigenvalue weighted by Crippen LogP contribution is 2.27. The number of aromatic nitrogens is 1. The van der Waals surface area contributed by atoms with E-state index in [0.29, 0.717) is 5.01 Å². The van der Waals surface area contributed by atoms with Crippen LogP contribution in [0, 0.1) is 6.92 Å². The third-order valence-electron chi connectivity index (χ3n) is 2.26. The van der Waals surface area contributed by atoms with Gasteiger partial charge in [-0.1, -0.05) is 30.3 Å². The van der Waals surface area contributed by atoms with Crippen LogP contribution in [0.4, 0.5) is 0 Å². The highest BCUT2D eigenvalue weighted by Gasteiger charge is 2.24. The highest BCUT2D eigenvalue weighted by molar-refractivity contribution is 7.09. The van der Waals surface area contributed by atoms with Gasteiger partial charge >= 0.3 is 5.97 Å². The van der Waals surface area contributed by atoms with Gasteiger partial charge in [-0.05, 0) is 12.5 Å². The van der Waals surface area contributed by atoms with E-state index in [9.17, 15) is 9.90 Å². The van der Waals surface area contributed by atoms with E-state index >= 15 is 0 Å². The van der Waals surface area contributed by atoms with Crippen LogP contribution in [0.1, 0.15) is 22.2 Å². The molecule has 3 nitrogen and oxygen atoms in total. The molecule has 0 unspecified atom stereocenters. The SMILES string of the molecule is Cc1csc([C@H](C(=O)O)c2ccccc2)n1. The standard InChI is InChI=1S/C12H11NO2S/c1-8-7-16-11(13-8)10(12(14)15)9-5-3-2-4-6-9/h2-7,10H,1H3,(H,14,15)/t10-/m1/s1. The van der Waals surface area contributed by atoms with Gasteiger partial charge in [0.1, 0.15) is 10.9 Å². The van der Waals surface area contributed by atoms with Gasteiger partial charge in [0.25, 0.3) is 0 Å². The van der Waals surface area contributed by atoms with Gasteiger partial charge in [-0.25, -0.2) is 4.98 Å². The van der Waals surface area contributed by atoms with Crippen molar-refractivity contribution in [2.75, 3.05) is 0 Å². The Morgan fingerprint density at radius 1 is 1.38 bits per heavy atom. The molecule has 0 aliphatic heterocycles. The smallest absolute Gasteiger partial charge is 0.317 e. The summed E-state index contributed by atoms with van der Waals surface area (Å²) in [7, 11) is 0. The molecule has 0 aliphatic rings. The van der Waals surface area contributed by atoms with Crippen molar-refractivity contribution in [3.8, 4) is 0 Å². The zero-order valence-electron chi connectivity index (χ0n) is 8.75. The molecule has 0 fully saturated rings. The lowest BCUT2D eigenvalue weighted by atomic mass is 10.0. The Balaban J connectivity index is 2.43. The van der Waals surface area contributed by atoms with Crippen LogP contribution in [0.5, 0.6) is 0 Å². The van der Waals surface area contributed by atoms with Crippen LogP contribution >= 0.6 is 11.3 Å². The number of hydrogen-bond acceptors (Lipinski definition) is 3. The maximum Gasteiger partial charge on any atom is 0.317 e. The first kappa shape index (κ1) is 10.8. The second kappa shape index (κ2) is 4.45. The van der Waals surface area contributed by atoms with Crippen LogP contribution < -0.4 is 0 Å². The Morgan fingerprint density at radius 3 is 2.56 bits per heavy atom. The first-order valence-corrected chi connectivity index (χ1v) is 5.76. The normalized spacial score (nSPS) is 12.3. The van der Waals surface area contributed by atoms with E-state index in [-0.39, 0.29) is 0 Å². The molecule has 2 aromatic rings. The Bertz CT molecular complexity index is 493. The molecule has 2 rings (SSSR count). The van der Waals surface area contributed by atoms with Crippen molar-refractivity contribution in [1.82, 2.24) is 4.98 Å². The number of carbonyl (C=O) groups is 1. The molecule has 82 valence electrons. The molecule has 0 amide bonds. The fourth-order valence-electron chi connectivity index (χ4n) is 1.54. The van der Waals surface area contributed by atoms with Crippen LogP contribution in [0.15, 0.2) is 35.7 Å². The van der Waals surface area contributed by atoms with Gasteiger partial charge in [0.2, 0.25) is 0 Å². The molecule has 0 aliphatic carbocycles. The molecule has 0 radical (unpaired) electrons. The van der Waals surface area contributed by atoms with Gasteiger partial charge in [-0.3, -0.25) is 4.79 Å². The second-order valence-corrected chi connectivity index (χ2v) is 4.40. The van der Waals surface area contributed by atoms with E-state index in [1.54, 1.807) is 0 Å². The van der Waals surface area contributed by atoms with Crippen molar-refractivity contribution in [3.63, 3.8) is 0 Å². The molecule has 0 bridgehead atoms. The monoisotopic (exact) mass is 233 g/mol. The van der Waals surface area contributed by atoms with Gasteiger partial charge in [0.05, 0.1) is 0 Å². The number of carboxylic acid groups (broad SMARTS) is 1. The lowest BCUT2D eigenvalue weighted by Crippen LogP contribution is -2.12. The first-order valence-electron chi connectivity index (χ1n) is 4.88. The molecular weight excluding hydrogens is 222 g/mol. The number of rotatable bonds is 3. The van der Waals surface area contributed by atoms with E-state index in [2.05, 4.69) is 4.98 Å². The Morgan fingerprint density at radius 2 is 2.06 bits per heavy atom. The summed E-state index contributed by atoms with van der Waals surface area (Å²) in [6, 6.07) is 9.18. The molecule has 1 atom stereocenters. The predicted octanol–water partition coefficient (Wildman–Crippen LogP) is 2.67. The maximum absolute atomic E-state index is 11.3. The molecule has 1 aromatic heterocycles. The molecule has 0 saturated carbocycles. The van der Waals surface area contributed by atoms with Gasteiger partial charge in [-0.15, -0.1) is 11.3 Å². The highest BCUT2D eigenvalue weighted by atomic mass is 32.1. The third-order valence-corrected chi connectivity index (χ3v) is 3.29. The predicted molar refractivity (Wildman–Crippen MR) is 62.8 cm³/mol. The molecular formula is C12H11NO2S. The number of benzene rings is 1. The van der Waals surface area contributed by atoms with Crippen LogP contribution in [0.2, 0.25) is 0 Å². The lowest BCUT2D eigenvalue weighted by molar-refractivity contribution is -0.137. The minimum Gasteiger partial charge on any atom is -0.480 e. The van der Waals surface area contributed by atoms with Crippen molar-refractivity contribution in [1.29, 1.82) is 0 Å². The topological polar surface area (TPSA) is 50.2 Å². The summed E-state index contributed by atoms with van der Waals surface area (Å²) >= 11 is 1.39. The Hall–Kier alpha value is -1.68. The summed E-state index contributed by atoms with van der Waals surface area (Å²) in [6.07, 6.45) is 0. The van der Waals surface area contributed by atoms with Crippen LogP contribution in [-0.2, 0) is 4.79 Å². The lowest BCUT2D eigenvalue weighted by Gasteiger charge is -2.09. The molecule has 1 heterocycles. The first-order chi connectivity index (χ1) is 7.68. The van der Waals surface area contributed by atoms with E-state index in [4.69, 9.17) is 0 Å². The fourth-order valence-corrected chi connectivity index (χ4v) is 2.45. The van der Waals surface area contributed by atoms with Gasteiger partial charge in [-0.2, -0.15) is 0 Å². The molecule has 4 heteroatoms. The van der Waals surface area contributed by atoms with E-state index in [1.165, 1.54) is 11.3 Å². The number of aryl methyl sites for hydroxylation is 1. The summed E-state index contributed by atoms with van der Waals surface area (Å²) in [5.41, 5.74) is 1.63. The van der Waals surface area contributed by atoms with E-state index < -0.39 is 11.9 Å². The van der Waals surface area contributed by atoms with Crippen molar-refractivity contribution < 1.29 is 9.90 Å². The number of nitrogens with zero attached hydrogens (tertiary/aromatic N) is 1. The summed E-state index contributed by atoms with van der Waals surface area (Å²) < 4.78 is 0. The van der Waals surface area contributed by atoms with Gasteiger partial charge < -0.3 is 5.11 Å². The van der Waals surface area contributed by atoms with Crippen LogP contribution in [0.25, 0.3) is 0 Å². The zero-order valence-corrected chi connectivity index (χ0v) is 9.57. The number of carboxylic acids is 1. The van der Waals surface area contributed by atoms with Crippen LogP contribution in [0.3, 0.4) is 0 Å². The zero-order chi connectivity index (χ0) is 11.5. The van der Waals surface area contributed by atoms with Crippen molar-refractivity contribution in [3.05, 3.63) is 52.0 Å². The molecule has 1 aromatic carbocycles. The molecule has 0 saturated heterocycles. The summed E-state index contributed by atoms with van der Waals surface area (Å²) in [5, 5.41) is 11.8. The largest absolute Gasteiger partial charge is 0.480 e. The minimum absolute atomic E-state index is 0.635. The third kappa shape index (κ3) is 2.12. The van der Waals surface area contributed by atoms with Crippen molar-refractivity contribution >= 4 is 17.3 Å². The van der Waals surface area contributed by atoms with Gasteiger partial charge in [0.15, 0.2) is 0 Å². The minimum atomic E-state index is -0.861. The second-order valence-electron chi connectivity index (χ2n) is 3.51. The average Bonchev–Trinajstić information content (AvgIpc) is 2.66. The number of thiazole rings is 1. The molecule has 0 spiro atoms. The molecule has 16 heavy (non-hydrogen) atoms. The van der Waals surface area contributed by atoms with Gasteiger partial charge in [0, 0.05) is 11.1 Å². The van der Waals surface area contributed by atoms with E-state index in [0.717, 1.165) is 11.3 Å².